The Morgan fingerprint density at radius 1 is 0.829 bits per heavy atom. The summed E-state index contributed by atoms with van der Waals surface area (Å²) in [5.74, 6) is 0.0661. The molecule has 2 heterocycles. The van der Waals surface area contributed by atoms with Crippen LogP contribution in [-0.4, -0.2) is 37.1 Å². The first-order valence-electron chi connectivity index (χ1n) is 11.9. The molecule has 0 saturated carbocycles. The molecule has 1 aromatic heterocycles. The molecule has 0 spiro atoms. The number of nitrogens with one attached hydrogen (secondary N) is 2. The lowest BCUT2D eigenvalue weighted by Gasteiger charge is -2.30. The van der Waals surface area contributed by atoms with E-state index in [1.165, 1.54) is 5.56 Å². The standard InChI is InChI=1S/C14H18N2OS.C14H18N2S/c1-14(2,3)16-12(17)11(15-13(16)18)9-10-7-5-4-6-8-10;1-14(2,3)16-10-12(15-13(16)17)9-11-7-5-4-6-8-11/h4-8,11H,9H2,1-3H3,(H,15,18);4-8,10H,9H2,1-3H3,(H,15,17). The summed E-state index contributed by atoms with van der Waals surface area (Å²) in [4.78, 5) is 17.3. The quantitative estimate of drug-likeness (QED) is 0.424. The SMILES string of the molecule is CC(C)(C)N1C(=O)C(Cc2ccccc2)NC1=S.CC(C)(C)n1cc(Cc2ccccc2)[nH]c1=S. The Kier molecular flexibility index (Phi) is 8.34. The Morgan fingerprint density at radius 3 is 1.83 bits per heavy atom. The number of amides is 1. The van der Waals surface area contributed by atoms with Crippen molar-refractivity contribution in [2.75, 3.05) is 0 Å². The van der Waals surface area contributed by atoms with Crippen LogP contribution in [0.15, 0.2) is 66.9 Å². The highest BCUT2D eigenvalue weighted by Crippen LogP contribution is 2.21. The van der Waals surface area contributed by atoms with Crippen molar-refractivity contribution in [3.63, 3.8) is 0 Å². The normalized spacial score (nSPS) is 16.1. The average Bonchev–Trinajstić information content (AvgIpc) is 3.28. The van der Waals surface area contributed by atoms with Gasteiger partial charge < -0.3 is 14.9 Å². The number of hydrogen-bond donors (Lipinski definition) is 2. The van der Waals surface area contributed by atoms with Crippen LogP contribution < -0.4 is 5.32 Å². The molecule has 1 saturated heterocycles. The van der Waals surface area contributed by atoms with Crippen LogP contribution in [0.5, 0.6) is 0 Å². The summed E-state index contributed by atoms with van der Waals surface area (Å²) in [6.07, 6.45) is 3.69. The largest absolute Gasteiger partial charge is 0.350 e. The van der Waals surface area contributed by atoms with Gasteiger partial charge in [-0.05, 0) is 77.1 Å². The second-order valence-electron chi connectivity index (χ2n) is 10.8. The predicted octanol–water partition coefficient (Wildman–Crippen LogP) is 6.00. The number of aromatic nitrogens is 2. The van der Waals surface area contributed by atoms with Crippen molar-refractivity contribution in [2.45, 2.75) is 71.5 Å². The monoisotopic (exact) mass is 508 g/mol. The number of carbonyl (C=O) groups excluding carboxylic acids is 1. The van der Waals surface area contributed by atoms with Gasteiger partial charge >= 0.3 is 0 Å². The van der Waals surface area contributed by atoms with Crippen LogP contribution >= 0.6 is 24.4 Å². The third-order valence-corrected chi connectivity index (χ3v) is 6.30. The zero-order valence-electron chi connectivity index (χ0n) is 21.5. The highest BCUT2D eigenvalue weighted by Gasteiger charge is 2.41. The van der Waals surface area contributed by atoms with Gasteiger partial charge in [0, 0.05) is 35.8 Å². The maximum atomic E-state index is 12.3. The molecule has 1 aliphatic rings. The molecule has 7 heteroatoms. The third-order valence-electron chi connectivity index (χ3n) is 5.70. The number of nitrogens with zero attached hydrogens (tertiary/aromatic N) is 2. The number of carbonyl (C=O) groups is 1. The molecule has 3 aromatic rings. The highest BCUT2D eigenvalue weighted by atomic mass is 32.1. The van der Waals surface area contributed by atoms with Crippen LogP contribution in [0.1, 0.15) is 58.4 Å². The van der Waals surface area contributed by atoms with Gasteiger partial charge in [-0.3, -0.25) is 9.69 Å². The Labute approximate surface area is 219 Å². The summed E-state index contributed by atoms with van der Waals surface area (Å²) in [5, 5.41) is 3.65. The van der Waals surface area contributed by atoms with Gasteiger partial charge in [0.1, 0.15) is 6.04 Å². The summed E-state index contributed by atoms with van der Waals surface area (Å²) in [7, 11) is 0. The third kappa shape index (κ3) is 7.12. The number of hydrogen-bond acceptors (Lipinski definition) is 3. The maximum Gasteiger partial charge on any atom is 0.252 e. The average molecular weight is 509 g/mol. The topological polar surface area (TPSA) is 53.1 Å². The molecule has 1 unspecified atom stereocenters. The van der Waals surface area contributed by atoms with Gasteiger partial charge in [0.25, 0.3) is 5.91 Å². The molecule has 0 bridgehead atoms. The maximum absolute atomic E-state index is 12.3. The number of benzene rings is 2. The predicted molar refractivity (Wildman–Crippen MR) is 150 cm³/mol. The van der Waals surface area contributed by atoms with Crippen LogP contribution in [0, 0.1) is 4.77 Å². The fraction of sp³-hybridized carbons (Fsp3) is 0.393. The Morgan fingerprint density at radius 2 is 1.37 bits per heavy atom. The molecule has 1 amide bonds. The highest BCUT2D eigenvalue weighted by molar-refractivity contribution is 7.80. The van der Waals surface area contributed by atoms with Crippen LogP contribution in [0.25, 0.3) is 0 Å². The van der Waals surface area contributed by atoms with E-state index in [9.17, 15) is 4.79 Å². The van der Waals surface area contributed by atoms with Crippen molar-refractivity contribution in [3.8, 4) is 0 Å². The van der Waals surface area contributed by atoms with E-state index in [1.807, 2.05) is 57.2 Å². The zero-order valence-corrected chi connectivity index (χ0v) is 23.1. The second-order valence-corrected chi connectivity index (χ2v) is 11.6. The first kappa shape index (κ1) is 26.8. The zero-order chi connectivity index (χ0) is 25.8. The van der Waals surface area contributed by atoms with E-state index in [4.69, 9.17) is 24.4 Å². The minimum absolute atomic E-state index is 0.0303. The summed E-state index contributed by atoms with van der Waals surface area (Å²) in [5.41, 5.74) is 3.36. The number of thiocarbonyl (C=S) groups is 1. The molecule has 1 aliphatic heterocycles. The lowest BCUT2D eigenvalue weighted by atomic mass is 10.0. The second kappa shape index (κ2) is 10.9. The molecule has 186 valence electrons. The Balaban J connectivity index is 0.000000196. The molecule has 2 N–H and O–H groups in total. The van der Waals surface area contributed by atoms with Gasteiger partial charge in [-0.15, -0.1) is 0 Å². The summed E-state index contributed by atoms with van der Waals surface area (Å²) in [6.45, 7) is 12.4. The Bertz CT molecular complexity index is 1200. The first-order chi connectivity index (χ1) is 16.4. The number of imidazole rings is 1. The van der Waals surface area contributed by atoms with Gasteiger partial charge in [-0.1, -0.05) is 60.7 Å². The summed E-state index contributed by atoms with van der Waals surface area (Å²) in [6, 6.07) is 20.2. The molecular formula is C28H36N4OS2. The molecule has 5 nitrogen and oxygen atoms in total. The van der Waals surface area contributed by atoms with Crippen molar-refractivity contribution < 1.29 is 4.79 Å². The van der Waals surface area contributed by atoms with Crippen molar-refractivity contribution in [2.24, 2.45) is 0 Å². The smallest absolute Gasteiger partial charge is 0.252 e. The van der Waals surface area contributed by atoms with E-state index in [2.05, 4.69) is 66.1 Å². The van der Waals surface area contributed by atoms with Gasteiger partial charge in [-0.25, -0.2) is 0 Å². The number of aromatic amines is 1. The van der Waals surface area contributed by atoms with Gasteiger partial charge in [0.15, 0.2) is 9.88 Å². The summed E-state index contributed by atoms with van der Waals surface area (Å²) >= 11 is 10.6. The minimum atomic E-state index is -0.271. The number of rotatable bonds is 4. The molecule has 35 heavy (non-hydrogen) atoms. The summed E-state index contributed by atoms with van der Waals surface area (Å²) < 4.78 is 2.91. The first-order valence-corrected chi connectivity index (χ1v) is 12.7. The fourth-order valence-electron chi connectivity index (χ4n) is 4.00. The van der Waals surface area contributed by atoms with E-state index in [0.717, 1.165) is 22.4 Å². The van der Waals surface area contributed by atoms with E-state index in [-0.39, 0.29) is 23.0 Å². The minimum Gasteiger partial charge on any atom is -0.350 e. The molecule has 1 atom stereocenters. The molecular weight excluding hydrogens is 472 g/mol. The molecule has 0 radical (unpaired) electrons. The van der Waals surface area contributed by atoms with Crippen LogP contribution in [0.2, 0.25) is 0 Å². The lowest BCUT2D eigenvalue weighted by molar-refractivity contribution is -0.130. The molecule has 2 aromatic carbocycles. The fourth-order valence-corrected chi connectivity index (χ4v) is 4.97. The van der Waals surface area contributed by atoms with Gasteiger partial charge in [0.2, 0.25) is 0 Å². The van der Waals surface area contributed by atoms with E-state index in [1.54, 1.807) is 4.90 Å². The van der Waals surface area contributed by atoms with Gasteiger partial charge in [0.05, 0.1) is 0 Å². The lowest BCUT2D eigenvalue weighted by Crippen LogP contribution is -2.46. The molecule has 0 aliphatic carbocycles. The van der Waals surface area contributed by atoms with Crippen LogP contribution in [0.3, 0.4) is 0 Å². The van der Waals surface area contributed by atoms with E-state index >= 15 is 0 Å². The van der Waals surface area contributed by atoms with Crippen molar-refractivity contribution in [1.29, 1.82) is 0 Å². The molecule has 4 rings (SSSR count). The number of H-pyrrole nitrogens is 1. The van der Waals surface area contributed by atoms with Crippen molar-refractivity contribution in [3.05, 3.63) is 88.5 Å². The van der Waals surface area contributed by atoms with E-state index in [0.29, 0.717) is 11.5 Å². The molecule has 1 fully saturated rings. The van der Waals surface area contributed by atoms with Gasteiger partial charge in [-0.2, -0.15) is 0 Å². The van der Waals surface area contributed by atoms with Crippen LogP contribution in [-0.2, 0) is 23.2 Å². The van der Waals surface area contributed by atoms with E-state index < -0.39 is 0 Å². The van der Waals surface area contributed by atoms with Crippen molar-refractivity contribution >= 4 is 35.5 Å². The van der Waals surface area contributed by atoms with Crippen molar-refractivity contribution in [1.82, 2.24) is 19.8 Å². The van der Waals surface area contributed by atoms with Crippen LogP contribution in [0.4, 0.5) is 0 Å². The Hall–Kier alpha value is -2.77.